The molecule has 2 amide bonds. The summed E-state index contributed by atoms with van der Waals surface area (Å²) < 4.78 is 80.9. The molecular weight excluding hydrogens is 524 g/mol. The van der Waals surface area contributed by atoms with Gasteiger partial charge in [-0.3, -0.25) is 9.59 Å². The Labute approximate surface area is 223 Å². The highest BCUT2D eigenvalue weighted by Gasteiger charge is 2.40. The third-order valence-corrected chi connectivity index (χ3v) is 7.55. The van der Waals surface area contributed by atoms with Crippen molar-refractivity contribution < 1.29 is 35.9 Å². The molecule has 0 spiro atoms. The second-order valence-electron chi connectivity index (χ2n) is 10.2. The minimum absolute atomic E-state index is 0.00385. The van der Waals surface area contributed by atoms with E-state index in [4.69, 9.17) is 0 Å². The van der Waals surface area contributed by atoms with Crippen LogP contribution in [0.1, 0.15) is 59.7 Å². The zero-order valence-corrected chi connectivity index (χ0v) is 21.5. The molecule has 2 atom stereocenters. The van der Waals surface area contributed by atoms with Gasteiger partial charge in [-0.05, 0) is 55.9 Å². The van der Waals surface area contributed by atoms with Crippen LogP contribution in [-0.4, -0.2) is 59.4 Å². The summed E-state index contributed by atoms with van der Waals surface area (Å²) in [5, 5.41) is 3.60. The van der Waals surface area contributed by atoms with E-state index < -0.39 is 41.0 Å². The summed E-state index contributed by atoms with van der Waals surface area (Å²) in [6.45, 7) is 2.92. The first-order valence-corrected chi connectivity index (χ1v) is 13.0. The Kier molecular flexibility index (Phi) is 8.58. The fourth-order valence-electron chi connectivity index (χ4n) is 5.52. The Balaban J connectivity index is 1.64. The van der Waals surface area contributed by atoms with Gasteiger partial charge in [0.05, 0.1) is 17.2 Å². The second-order valence-corrected chi connectivity index (χ2v) is 10.2. The summed E-state index contributed by atoms with van der Waals surface area (Å²) in [7, 11) is 0. The number of hydrogen-bond donors (Lipinski definition) is 1. The Morgan fingerprint density at radius 2 is 1.46 bits per heavy atom. The maximum Gasteiger partial charge on any atom is 0.416 e. The van der Waals surface area contributed by atoms with E-state index in [1.807, 2.05) is 30.3 Å². The topological polar surface area (TPSA) is 52.7 Å². The van der Waals surface area contributed by atoms with E-state index in [1.165, 1.54) is 11.8 Å². The molecule has 2 aliphatic heterocycles. The predicted molar refractivity (Wildman–Crippen MR) is 133 cm³/mol. The Morgan fingerprint density at radius 3 is 2.00 bits per heavy atom. The maximum atomic E-state index is 13.6. The number of nitrogens with one attached hydrogen (secondary N) is 1. The summed E-state index contributed by atoms with van der Waals surface area (Å²) in [5.41, 5.74) is -2.75. The van der Waals surface area contributed by atoms with Crippen LogP contribution in [0.15, 0.2) is 48.5 Å². The lowest BCUT2D eigenvalue weighted by Crippen LogP contribution is -2.59. The molecule has 2 heterocycles. The third-order valence-electron chi connectivity index (χ3n) is 7.55. The number of nitrogens with zero attached hydrogens (tertiary/aromatic N) is 2. The van der Waals surface area contributed by atoms with E-state index in [0.29, 0.717) is 57.3 Å². The van der Waals surface area contributed by atoms with Gasteiger partial charge in [-0.1, -0.05) is 30.3 Å². The van der Waals surface area contributed by atoms with E-state index in [-0.39, 0.29) is 30.6 Å². The summed E-state index contributed by atoms with van der Waals surface area (Å²) in [6.07, 6.45) is -7.02. The number of likely N-dealkylation sites (tertiary alicyclic amines) is 2. The minimum Gasteiger partial charge on any atom is -0.343 e. The first-order valence-electron chi connectivity index (χ1n) is 13.0. The van der Waals surface area contributed by atoms with Gasteiger partial charge in [-0.25, -0.2) is 0 Å². The van der Waals surface area contributed by atoms with E-state index >= 15 is 0 Å². The minimum atomic E-state index is -5.04. The largest absolute Gasteiger partial charge is 0.416 e. The number of amides is 2. The molecular formula is C28H31F6N3O2. The van der Waals surface area contributed by atoms with Gasteiger partial charge in [0.2, 0.25) is 5.91 Å². The Hall–Kier alpha value is -3.08. The number of alkyl halides is 6. The van der Waals surface area contributed by atoms with Gasteiger partial charge in [0, 0.05) is 44.2 Å². The van der Waals surface area contributed by atoms with Crippen molar-refractivity contribution >= 4 is 11.8 Å². The van der Waals surface area contributed by atoms with Crippen molar-refractivity contribution in [2.75, 3.05) is 19.6 Å². The molecule has 0 aliphatic carbocycles. The quantitative estimate of drug-likeness (QED) is 0.493. The lowest BCUT2D eigenvalue weighted by Gasteiger charge is -2.44. The Morgan fingerprint density at radius 1 is 0.872 bits per heavy atom. The molecule has 11 heteroatoms. The third kappa shape index (κ3) is 7.12. The molecule has 2 unspecified atom stereocenters. The van der Waals surface area contributed by atoms with Gasteiger partial charge in [0.25, 0.3) is 5.91 Å². The van der Waals surface area contributed by atoms with Crippen molar-refractivity contribution in [3.8, 4) is 0 Å². The number of benzene rings is 2. The van der Waals surface area contributed by atoms with Crippen molar-refractivity contribution in [2.45, 2.75) is 69.5 Å². The first-order chi connectivity index (χ1) is 18.3. The van der Waals surface area contributed by atoms with Gasteiger partial charge in [-0.15, -0.1) is 0 Å². The fraction of sp³-hybridized carbons (Fsp3) is 0.500. The standard InChI is InChI=1S/C28H31F6N3O2/c1-18(38)36-12-9-23(10-13-36)35-24-8-5-11-37(25(24)14-19-6-3-2-4-7-19)26(39)20-15-21(27(29,30)31)17-22(16-20)28(32,33)34/h2-4,6-7,15-17,23-25,35H,5,8-14H2,1H3. The molecule has 2 aromatic rings. The fourth-order valence-corrected chi connectivity index (χ4v) is 5.52. The molecule has 212 valence electrons. The zero-order valence-electron chi connectivity index (χ0n) is 21.5. The average molecular weight is 556 g/mol. The van der Waals surface area contributed by atoms with Gasteiger partial charge in [0.1, 0.15) is 0 Å². The van der Waals surface area contributed by atoms with Gasteiger partial charge in [-0.2, -0.15) is 26.3 Å². The molecule has 5 nitrogen and oxygen atoms in total. The predicted octanol–water partition coefficient (Wildman–Crippen LogP) is 5.54. The molecule has 0 aromatic heterocycles. The molecule has 0 bridgehead atoms. The SMILES string of the molecule is CC(=O)N1CCC(NC2CCCN(C(=O)c3cc(C(F)(F)F)cc(C(F)(F)F)c3)C2Cc2ccccc2)CC1. The molecule has 2 aromatic carbocycles. The van der Waals surface area contributed by atoms with Crippen molar-refractivity contribution in [3.63, 3.8) is 0 Å². The maximum absolute atomic E-state index is 13.6. The van der Waals surface area contributed by atoms with Crippen LogP contribution in [-0.2, 0) is 23.6 Å². The monoisotopic (exact) mass is 555 g/mol. The van der Waals surface area contributed by atoms with E-state index in [0.717, 1.165) is 5.56 Å². The van der Waals surface area contributed by atoms with Crippen LogP contribution in [0.5, 0.6) is 0 Å². The number of carbonyl (C=O) groups excluding carboxylic acids is 2. The van der Waals surface area contributed by atoms with Crippen LogP contribution >= 0.6 is 0 Å². The molecule has 1 N–H and O–H groups in total. The molecule has 2 fully saturated rings. The van der Waals surface area contributed by atoms with Crippen molar-refractivity contribution in [1.82, 2.24) is 15.1 Å². The van der Waals surface area contributed by atoms with Crippen LogP contribution in [0.25, 0.3) is 0 Å². The van der Waals surface area contributed by atoms with Gasteiger partial charge in [0.15, 0.2) is 0 Å². The summed E-state index contributed by atoms with van der Waals surface area (Å²) in [4.78, 5) is 28.5. The number of halogens is 6. The van der Waals surface area contributed by atoms with E-state index in [2.05, 4.69) is 5.32 Å². The number of carbonyl (C=O) groups is 2. The highest BCUT2D eigenvalue weighted by molar-refractivity contribution is 5.95. The number of piperidine rings is 2. The highest BCUT2D eigenvalue weighted by Crippen LogP contribution is 2.37. The molecule has 0 saturated carbocycles. The lowest BCUT2D eigenvalue weighted by atomic mass is 9.88. The number of hydrogen-bond acceptors (Lipinski definition) is 3. The molecule has 39 heavy (non-hydrogen) atoms. The first kappa shape index (κ1) is 28.9. The van der Waals surface area contributed by atoms with Crippen molar-refractivity contribution in [2.24, 2.45) is 0 Å². The van der Waals surface area contributed by atoms with E-state index in [9.17, 15) is 35.9 Å². The Bertz CT molecular complexity index is 1130. The molecule has 0 radical (unpaired) electrons. The van der Waals surface area contributed by atoms with Crippen molar-refractivity contribution in [1.29, 1.82) is 0 Å². The van der Waals surface area contributed by atoms with Crippen LogP contribution in [0.4, 0.5) is 26.3 Å². The molecule has 2 aliphatic rings. The van der Waals surface area contributed by atoms with E-state index in [1.54, 1.807) is 4.90 Å². The van der Waals surface area contributed by atoms with Crippen LogP contribution in [0.2, 0.25) is 0 Å². The smallest absolute Gasteiger partial charge is 0.343 e. The normalized spacial score (nSPS) is 21.2. The van der Waals surface area contributed by atoms with Crippen LogP contribution < -0.4 is 5.32 Å². The van der Waals surface area contributed by atoms with Gasteiger partial charge < -0.3 is 15.1 Å². The summed E-state index contributed by atoms with van der Waals surface area (Å²) in [5.74, 6) is -0.852. The van der Waals surface area contributed by atoms with Gasteiger partial charge >= 0.3 is 12.4 Å². The molecule has 4 rings (SSSR count). The second kappa shape index (κ2) is 11.6. The average Bonchev–Trinajstić information content (AvgIpc) is 2.89. The lowest BCUT2D eigenvalue weighted by molar-refractivity contribution is -0.143. The summed E-state index contributed by atoms with van der Waals surface area (Å²) >= 11 is 0. The highest BCUT2D eigenvalue weighted by atomic mass is 19.4. The van der Waals surface area contributed by atoms with Crippen LogP contribution in [0.3, 0.4) is 0 Å². The zero-order chi connectivity index (χ0) is 28.4. The van der Waals surface area contributed by atoms with Crippen molar-refractivity contribution in [3.05, 3.63) is 70.8 Å². The number of rotatable bonds is 5. The summed E-state index contributed by atoms with van der Waals surface area (Å²) in [6, 6.07) is 9.70. The van der Waals surface area contributed by atoms with Crippen LogP contribution in [0, 0.1) is 0 Å². The molecule has 2 saturated heterocycles.